The molecule has 5 nitrogen and oxygen atoms in total. The molecule has 0 spiro atoms. The predicted molar refractivity (Wildman–Crippen MR) is 114 cm³/mol. The van der Waals surface area contributed by atoms with Crippen molar-refractivity contribution in [1.82, 2.24) is 0 Å². The zero-order valence-corrected chi connectivity index (χ0v) is 18.1. The van der Waals surface area contributed by atoms with Crippen LogP contribution in [0.5, 0.6) is 11.5 Å². The SMILES string of the molecule is O=S(=O)(O)C(c1ccc(Cl)cc1)(c1ccc(Cl)cc1Cl)c1ccc(O)c(Cl)c1O. The van der Waals surface area contributed by atoms with Gasteiger partial charge in [0.05, 0.1) is 0 Å². The lowest BCUT2D eigenvalue weighted by Crippen LogP contribution is -2.38. The lowest BCUT2D eigenvalue weighted by Gasteiger charge is -2.34. The van der Waals surface area contributed by atoms with Gasteiger partial charge in [0.25, 0.3) is 10.1 Å². The second kappa shape index (κ2) is 7.87. The number of phenolic OH excluding ortho intramolecular Hbond substituents is 2. The Balaban J connectivity index is 2.59. The van der Waals surface area contributed by atoms with Gasteiger partial charge < -0.3 is 10.2 Å². The van der Waals surface area contributed by atoms with E-state index in [0.29, 0.717) is 5.02 Å². The molecule has 1 unspecified atom stereocenters. The molecule has 3 rings (SSSR count). The first-order valence-electron chi connectivity index (χ1n) is 7.89. The predicted octanol–water partition coefficient (Wildman–Crippen LogP) is 5.89. The van der Waals surface area contributed by atoms with Crippen LogP contribution in [-0.2, 0) is 14.9 Å². The molecule has 10 heteroatoms. The van der Waals surface area contributed by atoms with Crippen LogP contribution in [0.25, 0.3) is 0 Å². The molecule has 0 saturated heterocycles. The van der Waals surface area contributed by atoms with E-state index in [9.17, 15) is 23.2 Å². The average Bonchev–Trinajstić information content (AvgIpc) is 2.63. The van der Waals surface area contributed by atoms with Crippen molar-refractivity contribution in [2.45, 2.75) is 4.75 Å². The molecule has 0 fully saturated rings. The maximum Gasteiger partial charge on any atom is 0.283 e. The number of hydrogen-bond donors (Lipinski definition) is 3. The molecule has 0 radical (unpaired) electrons. The number of halogens is 4. The Hall–Kier alpha value is -1.67. The van der Waals surface area contributed by atoms with Crippen LogP contribution in [0.1, 0.15) is 16.7 Å². The summed E-state index contributed by atoms with van der Waals surface area (Å²) in [6.07, 6.45) is 0. The Labute approximate surface area is 186 Å². The van der Waals surface area contributed by atoms with Crippen LogP contribution in [0, 0.1) is 0 Å². The number of benzene rings is 3. The van der Waals surface area contributed by atoms with Crippen molar-refractivity contribution in [1.29, 1.82) is 0 Å². The van der Waals surface area contributed by atoms with Gasteiger partial charge in [0.15, 0.2) is 4.75 Å². The fourth-order valence-electron chi connectivity index (χ4n) is 3.18. The molecule has 0 heterocycles. The zero-order valence-electron chi connectivity index (χ0n) is 14.3. The van der Waals surface area contributed by atoms with Gasteiger partial charge in [-0.05, 0) is 42.0 Å². The molecule has 3 aromatic rings. The van der Waals surface area contributed by atoms with Crippen molar-refractivity contribution in [3.8, 4) is 11.5 Å². The van der Waals surface area contributed by atoms with Crippen molar-refractivity contribution >= 4 is 56.5 Å². The van der Waals surface area contributed by atoms with Gasteiger partial charge in [-0.15, -0.1) is 0 Å². The normalized spacial score (nSPS) is 13.8. The van der Waals surface area contributed by atoms with Gasteiger partial charge in [0.2, 0.25) is 0 Å². The van der Waals surface area contributed by atoms with Crippen LogP contribution in [0.3, 0.4) is 0 Å². The van der Waals surface area contributed by atoms with E-state index in [-0.39, 0.29) is 26.7 Å². The van der Waals surface area contributed by atoms with E-state index >= 15 is 0 Å². The minimum Gasteiger partial charge on any atom is -0.506 e. The van der Waals surface area contributed by atoms with E-state index in [1.807, 2.05) is 0 Å². The van der Waals surface area contributed by atoms with Crippen LogP contribution in [-0.4, -0.2) is 23.2 Å². The lowest BCUT2D eigenvalue weighted by molar-refractivity contribution is 0.431. The summed E-state index contributed by atoms with van der Waals surface area (Å²) in [6, 6.07) is 11.8. The average molecular weight is 494 g/mol. The quantitative estimate of drug-likeness (QED) is 0.311. The number of phenols is 2. The molecular weight excluding hydrogens is 482 g/mol. The number of rotatable bonds is 4. The van der Waals surface area contributed by atoms with E-state index in [4.69, 9.17) is 46.4 Å². The molecule has 1 atom stereocenters. The van der Waals surface area contributed by atoms with E-state index < -0.39 is 31.4 Å². The maximum atomic E-state index is 12.9. The highest BCUT2D eigenvalue weighted by Crippen LogP contribution is 2.52. The van der Waals surface area contributed by atoms with Crippen molar-refractivity contribution < 1.29 is 23.2 Å². The first-order chi connectivity index (χ1) is 13.5. The Morgan fingerprint density at radius 2 is 1.31 bits per heavy atom. The summed E-state index contributed by atoms with van der Waals surface area (Å²) in [5.74, 6) is -1.22. The van der Waals surface area contributed by atoms with Crippen molar-refractivity contribution in [3.63, 3.8) is 0 Å². The van der Waals surface area contributed by atoms with Crippen LogP contribution < -0.4 is 0 Å². The highest BCUT2D eigenvalue weighted by Gasteiger charge is 2.51. The summed E-state index contributed by atoms with van der Waals surface area (Å²) >= 11 is 24.2. The first-order valence-corrected chi connectivity index (χ1v) is 10.8. The topological polar surface area (TPSA) is 94.8 Å². The third-order valence-corrected chi connectivity index (χ3v) is 7.04. The molecule has 0 saturated carbocycles. The molecule has 0 bridgehead atoms. The van der Waals surface area contributed by atoms with E-state index in [1.165, 1.54) is 42.5 Å². The lowest BCUT2D eigenvalue weighted by atomic mass is 9.83. The van der Waals surface area contributed by atoms with Crippen molar-refractivity contribution in [3.05, 3.63) is 91.4 Å². The van der Waals surface area contributed by atoms with Gasteiger partial charge in [-0.25, -0.2) is 0 Å². The van der Waals surface area contributed by atoms with Gasteiger partial charge in [-0.3, -0.25) is 4.55 Å². The summed E-state index contributed by atoms with van der Waals surface area (Å²) in [7, 11) is -5.06. The summed E-state index contributed by atoms with van der Waals surface area (Å²) < 4.78 is 33.9. The Kier molecular flexibility index (Phi) is 5.98. The van der Waals surface area contributed by atoms with Gasteiger partial charge >= 0.3 is 0 Å². The zero-order chi connectivity index (χ0) is 21.6. The molecule has 0 aliphatic carbocycles. The fraction of sp³-hybridized carbons (Fsp3) is 0.0526. The van der Waals surface area contributed by atoms with Crippen LogP contribution in [0.2, 0.25) is 20.1 Å². The van der Waals surface area contributed by atoms with Crippen LogP contribution in [0.15, 0.2) is 54.6 Å². The molecule has 0 amide bonds. The molecule has 0 aromatic heterocycles. The highest BCUT2D eigenvalue weighted by atomic mass is 35.5. The standard InChI is InChI=1S/C19H12Cl4O5S/c20-11-3-1-10(2-4-11)19(29(26,27)28,13-6-5-12(21)9-15(13)22)14-7-8-16(24)17(23)18(14)25/h1-9,24-25H,(H,26,27,28). The highest BCUT2D eigenvalue weighted by molar-refractivity contribution is 7.87. The second-order valence-corrected chi connectivity index (χ2v) is 9.30. The summed E-state index contributed by atoms with van der Waals surface area (Å²) in [4.78, 5) is 0. The van der Waals surface area contributed by atoms with Gasteiger partial charge in [-0.2, -0.15) is 8.42 Å². The molecule has 152 valence electrons. The Morgan fingerprint density at radius 3 is 1.86 bits per heavy atom. The fourth-order valence-corrected chi connectivity index (χ4v) is 5.41. The number of hydrogen-bond acceptors (Lipinski definition) is 4. The molecule has 3 N–H and O–H groups in total. The number of aromatic hydroxyl groups is 2. The Morgan fingerprint density at radius 1 is 0.759 bits per heavy atom. The molecule has 29 heavy (non-hydrogen) atoms. The minimum absolute atomic E-state index is 0.0191. The maximum absolute atomic E-state index is 12.9. The molecular formula is C19H12Cl4O5S. The van der Waals surface area contributed by atoms with Crippen molar-refractivity contribution in [2.24, 2.45) is 0 Å². The molecule has 0 aliphatic heterocycles. The monoisotopic (exact) mass is 492 g/mol. The van der Waals surface area contributed by atoms with Crippen LogP contribution >= 0.6 is 46.4 Å². The largest absolute Gasteiger partial charge is 0.506 e. The second-order valence-electron chi connectivity index (χ2n) is 6.08. The molecule has 3 aromatic carbocycles. The minimum atomic E-state index is -5.06. The Bertz CT molecular complexity index is 1200. The van der Waals surface area contributed by atoms with E-state index in [0.717, 1.165) is 12.1 Å². The third kappa shape index (κ3) is 3.65. The van der Waals surface area contributed by atoms with Crippen molar-refractivity contribution in [2.75, 3.05) is 0 Å². The van der Waals surface area contributed by atoms with Crippen LogP contribution in [0.4, 0.5) is 0 Å². The smallest absolute Gasteiger partial charge is 0.283 e. The summed E-state index contributed by atoms with van der Waals surface area (Å²) in [5, 5.41) is 20.4. The van der Waals surface area contributed by atoms with Gasteiger partial charge in [-0.1, -0.05) is 64.6 Å². The van der Waals surface area contributed by atoms with E-state index in [2.05, 4.69) is 0 Å². The van der Waals surface area contributed by atoms with E-state index in [1.54, 1.807) is 0 Å². The third-order valence-electron chi connectivity index (χ3n) is 4.42. The van der Waals surface area contributed by atoms with Gasteiger partial charge in [0.1, 0.15) is 16.5 Å². The van der Waals surface area contributed by atoms with Gasteiger partial charge in [0, 0.05) is 26.2 Å². The first kappa shape index (κ1) is 22.0. The summed E-state index contributed by atoms with van der Waals surface area (Å²) in [6.45, 7) is 0. The summed E-state index contributed by atoms with van der Waals surface area (Å²) in [5.41, 5.74) is -0.398. The molecule has 0 aliphatic rings.